The molecule has 0 heterocycles. The van der Waals surface area contributed by atoms with Gasteiger partial charge < -0.3 is 10.1 Å². The summed E-state index contributed by atoms with van der Waals surface area (Å²) >= 11 is 3.45. The van der Waals surface area contributed by atoms with Crippen molar-refractivity contribution < 1.29 is 4.74 Å². The van der Waals surface area contributed by atoms with Crippen LogP contribution in [0.2, 0.25) is 0 Å². The van der Waals surface area contributed by atoms with Gasteiger partial charge in [-0.25, -0.2) is 0 Å². The molecule has 0 radical (unpaired) electrons. The van der Waals surface area contributed by atoms with Crippen LogP contribution < -0.4 is 10.1 Å². The lowest BCUT2D eigenvalue weighted by Gasteiger charge is -2.08. The Kier molecular flexibility index (Phi) is 5.37. The zero-order chi connectivity index (χ0) is 17.8. The molecule has 4 rings (SSSR count). The maximum Gasteiger partial charge on any atom is 0.119 e. The van der Waals surface area contributed by atoms with Gasteiger partial charge in [0.25, 0.3) is 0 Å². The van der Waals surface area contributed by atoms with Gasteiger partial charge in [0.2, 0.25) is 0 Å². The number of nitrogens with one attached hydrogen (secondary N) is 1. The van der Waals surface area contributed by atoms with Crippen LogP contribution in [0.25, 0.3) is 0 Å². The average Bonchev–Trinajstić information content (AvgIpc) is 3.47. The van der Waals surface area contributed by atoms with Gasteiger partial charge in [-0.15, -0.1) is 0 Å². The van der Waals surface area contributed by atoms with Gasteiger partial charge in [-0.2, -0.15) is 0 Å². The molecule has 26 heavy (non-hydrogen) atoms. The molecule has 2 atom stereocenters. The molecule has 1 aliphatic carbocycles. The lowest BCUT2D eigenvalue weighted by molar-refractivity contribution is 0.306. The topological polar surface area (TPSA) is 21.3 Å². The Labute approximate surface area is 163 Å². The van der Waals surface area contributed by atoms with Crippen molar-refractivity contribution in [3.63, 3.8) is 0 Å². The second-order valence-corrected chi connectivity index (χ2v) is 7.72. The second-order valence-electron chi connectivity index (χ2n) is 6.80. The molecular formula is C23H22BrNO. The number of halogens is 1. The summed E-state index contributed by atoms with van der Waals surface area (Å²) in [5, 5.41) is 3.66. The SMILES string of the molecule is Brc1ccc(COc2ccc(CN[C@H]3C[C@@H]3c3ccccc3)cc2)cc1. The molecule has 3 aromatic carbocycles. The normalized spacial score (nSPS) is 18.5. The summed E-state index contributed by atoms with van der Waals surface area (Å²) in [7, 11) is 0. The lowest BCUT2D eigenvalue weighted by Crippen LogP contribution is -2.17. The highest BCUT2D eigenvalue weighted by Crippen LogP contribution is 2.40. The molecule has 132 valence electrons. The Morgan fingerprint density at radius 3 is 2.27 bits per heavy atom. The van der Waals surface area contributed by atoms with Gasteiger partial charge in [-0.3, -0.25) is 0 Å². The molecule has 0 spiro atoms. The van der Waals surface area contributed by atoms with E-state index in [4.69, 9.17) is 4.74 Å². The molecule has 1 aliphatic rings. The molecule has 0 saturated heterocycles. The van der Waals surface area contributed by atoms with Gasteiger partial charge in [-0.05, 0) is 47.4 Å². The predicted molar refractivity (Wildman–Crippen MR) is 109 cm³/mol. The minimum absolute atomic E-state index is 0.589. The molecule has 3 aromatic rings. The van der Waals surface area contributed by atoms with Crippen molar-refractivity contribution >= 4 is 15.9 Å². The highest BCUT2D eigenvalue weighted by molar-refractivity contribution is 9.10. The molecule has 0 bridgehead atoms. The average molecular weight is 408 g/mol. The highest BCUT2D eigenvalue weighted by Gasteiger charge is 2.37. The summed E-state index contributed by atoms with van der Waals surface area (Å²) in [6, 6.07) is 28.0. The number of hydrogen-bond acceptors (Lipinski definition) is 2. The highest BCUT2D eigenvalue weighted by atomic mass is 79.9. The Hall–Kier alpha value is -2.10. The van der Waals surface area contributed by atoms with Crippen molar-refractivity contribution in [2.24, 2.45) is 0 Å². The van der Waals surface area contributed by atoms with E-state index >= 15 is 0 Å². The fourth-order valence-electron chi connectivity index (χ4n) is 3.19. The third kappa shape index (κ3) is 4.54. The van der Waals surface area contributed by atoms with Crippen LogP contribution in [-0.2, 0) is 13.2 Å². The van der Waals surface area contributed by atoms with E-state index in [9.17, 15) is 0 Å². The Morgan fingerprint density at radius 1 is 0.846 bits per heavy atom. The summed E-state index contributed by atoms with van der Waals surface area (Å²) in [6.45, 7) is 1.49. The molecule has 3 heteroatoms. The first-order valence-corrected chi connectivity index (χ1v) is 9.82. The maximum absolute atomic E-state index is 5.86. The van der Waals surface area contributed by atoms with Gasteiger partial charge in [0, 0.05) is 23.0 Å². The Bertz CT molecular complexity index is 830. The van der Waals surface area contributed by atoms with Crippen molar-refractivity contribution in [3.05, 3.63) is 100 Å². The predicted octanol–water partition coefficient (Wildman–Crippen LogP) is 5.67. The molecule has 0 aromatic heterocycles. The lowest BCUT2D eigenvalue weighted by atomic mass is 10.1. The molecule has 2 nitrogen and oxygen atoms in total. The summed E-state index contributed by atoms with van der Waals surface area (Å²) in [5.41, 5.74) is 3.90. The summed E-state index contributed by atoms with van der Waals surface area (Å²) < 4.78 is 6.95. The first-order valence-electron chi connectivity index (χ1n) is 9.02. The number of benzene rings is 3. The zero-order valence-corrected chi connectivity index (χ0v) is 16.2. The Balaban J connectivity index is 1.24. The van der Waals surface area contributed by atoms with Crippen molar-refractivity contribution in [3.8, 4) is 5.75 Å². The molecule has 0 amide bonds. The van der Waals surface area contributed by atoms with Crippen LogP contribution in [0.1, 0.15) is 29.0 Å². The van der Waals surface area contributed by atoms with Crippen molar-refractivity contribution in [1.82, 2.24) is 5.32 Å². The second kappa shape index (κ2) is 8.07. The van der Waals surface area contributed by atoms with Gasteiger partial charge in [-0.1, -0.05) is 70.5 Å². The maximum atomic E-state index is 5.86. The van der Waals surface area contributed by atoms with Crippen molar-refractivity contribution in [2.45, 2.75) is 31.5 Å². The summed E-state index contributed by atoms with van der Waals surface area (Å²) in [6.07, 6.45) is 1.23. The van der Waals surface area contributed by atoms with Crippen LogP contribution in [0.3, 0.4) is 0 Å². The van der Waals surface area contributed by atoms with Gasteiger partial charge in [0.05, 0.1) is 0 Å². The standard InChI is InChI=1S/C23H22BrNO/c24-20-10-6-18(7-11-20)16-26-21-12-8-17(9-13-21)15-25-23-14-22(23)19-4-2-1-3-5-19/h1-13,22-23,25H,14-16H2/t22-,23+/m1/s1. The van der Waals surface area contributed by atoms with Crippen molar-refractivity contribution in [1.29, 1.82) is 0 Å². The third-order valence-electron chi connectivity index (χ3n) is 4.83. The van der Waals surface area contributed by atoms with Crippen molar-refractivity contribution in [2.75, 3.05) is 0 Å². The minimum atomic E-state index is 0.589. The molecule has 1 saturated carbocycles. The summed E-state index contributed by atoms with van der Waals surface area (Å²) in [5.74, 6) is 1.58. The van der Waals surface area contributed by atoms with Gasteiger partial charge in [0.15, 0.2) is 0 Å². The summed E-state index contributed by atoms with van der Waals surface area (Å²) in [4.78, 5) is 0. The van der Waals surface area contributed by atoms with Crippen LogP contribution in [-0.4, -0.2) is 6.04 Å². The monoisotopic (exact) mass is 407 g/mol. The number of hydrogen-bond donors (Lipinski definition) is 1. The molecule has 0 aliphatic heterocycles. The largest absolute Gasteiger partial charge is 0.489 e. The number of ether oxygens (including phenoxy) is 1. The first kappa shape index (κ1) is 17.3. The Morgan fingerprint density at radius 2 is 1.54 bits per heavy atom. The first-order chi connectivity index (χ1) is 12.8. The fraction of sp³-hybridized carbons (Fsp3) is 0.217. The third-order valence-corrected chi connectivity index (χ3v) is 5.36. The van der Waals surface area contributed by atoms with Crippen LogP contribution in [0, 0.1) is 0 Å². The van der Waals surface area contributed by atoms with E-state index < -0.39 is 0 Å². The zero-order valence-electron chi connectivity index (χ0n) is 14.6. The van der Waals surface area contributed by atoms with Crippen LogP contribution in [0.5, 0.6) is 5.75 Å². The van der Waals surface area contributed by atoms with E-state index in [2.05, 4.69) is 88.0 Å². The molecule has 0 unspecified atom stereocenters. The van der Waals surface area contributed by atoms with E-state index in [1.54, 1.807) is 0 Å². The van der Waals surface area contributed by atoms with Crippen LogP contribution in [0.15, 0.2) is 83.3 Å². The fourth-order valence-corrected chi connectivity index (χ4v) is 3.45. The molecule has 1 fully saturated rings. The number of rotatable bonds is 7. The molecular weight excluding hydrogens is 386 g/mol. The van der Waals surface area contributed by atoms with E-state index in [1.807, 2.05) is 12.1 Å². The molecule has 1 N–H and O–H groups in total. The van der Waals surface area contributed by atoms with Gasteiger partial charge in [0.1, 0.15) is 12.4 Å². The smallest absolute Gasteiger partial charge is 0.119 e. The van der Waals surface area contributed by atoms with Gasteiger partial charge >= 0.3 is 0 Å². The minimum Gasteiger partial charge on any atom is -0.489 e. The van der Waals surface area contributed by atoms with E-state index in [-0.39, 0.29) is 0 Å². The van der Waals surface area contributed by atoms with Crippen LogP contribution in [0.4, 0.5) is 0 Å². The van der Waals surface area contributed by atoms with Crippen LogP contribution >= 0.6 is 15.9 Å². The van der Waals surface area contributed by atoms with E-state index in [0.29, 0.717) is 18.6 Å². The quantitative estimate of drug-likeness (QED) is 0.544. The van der Waals surface area contributed by atoms with E-state index in [0.717, 1.165) is 16.8 Å². The van der Waals surface area contributed by atoms with E-state index in [1.165, 1.54) is 23.1 Å².